The van der Waals surface area contributed by atoms with Crippen LogP contribution in [-0.4, -0.2) is 49.6 Å². The van der Waals surface area contributed by atoms with E-state index in [1.807, 2.05) is 0 Å². The molecule has 5 heteroatoms. The molecule has 24 heavy (non-hydrogen) atoms. The van der Waals surface area contributed by atoms with E-state index in [-0.39, 0.29) is 6.04 Å². The van der Waals surface area contributed by atoms with Crippen molar-refractivity contribution in [1.29, 1.82) is 0 Å². The van der Waals surface area contributed by atoms with Gasteiger partial charge in [0.1, 0.15) is 0 Å². The molecular formula is C19H30N2O2S. The van der Waals surface area contributed by atoms with Crippen molar-refractivity contribution < 1.29 is 8.42 Å². The van der Waals surface area contributed by atoms with Crippen molar-refractivity contribution in [2.24, 2.45) is 0 Å². The normalized spacial score (nSPS) is 24.6. The van der Waals surface area contributed by atoms with E-state index in [2.05, 4.69) is 36.1 Å². The van der Waals surface area contributed by atoms with Gasteiger partial charge in [-0.25, -0.2) is 12.7 Å². The Morgan fingerprint density at radius 3 is 2.79 bits per heavy atom. The largest absolute Gasteiger partial charge is 0.296 e. The molecule has 0 amide bonds. The topological polar surface area (TPSA) is 40.6 Å². The third-order valence-electron chi connectivity index (χ3n) is 5.73. The Bertz CT molecular complexity index is 659. The molecule has 4 nitrogen and oxygen atoms in total. The molecule has 0 spiro atoms. The molecular weight excluding hydrogens is 320 g/mol. The van der Waals surface area contributed by atoms with E-state index in [0.29, 0.717) is 11.8 Å². The first-order valence-electron chi connectivity index (χ1n) is 9.30. The maximum atomic E-state index is 12.6. The summed E-state index contributed by atoms with van der Waals surface area (Å²) in [4.78, 5) is 2.54. The van der Waals surface area contributed by atoms with Crippen molar-refractivity contribution in [3.05, 3.63) is 35.4 Å². The number of unbranched alkanes of at least 4 members (excludes halogenated alkanes) is 2. The standard InChI is InChI=1S/C19H30N2O2S/c1-3-4-7-14-24(22,23)20(2)17-11-13-21-12-10-16-8-5-6-9-18(16)19(21)15-17/h5-6,8-9,17,19H,3-4,7,10-15H2,1-2H3/t17-,19+/m1/s1. The number of sulfonamides is 1. The van der Waals surface area contributed by atoms with Gasteiger partial charge >= 0.3 is 0 Å². The summed E-state index contributed by atoms with van der Waals surface area (Å²) in [7, 11) is -1.34. The van der Waals surface area contributed by atoms with E-state index in [1.54, 1.807) is 11.4 Å². The van der Waals surface area contributed by atoms with E-state index in [0.717, 1.165) is 51.6 Å². The first-order valence-corrected chi connectivity index (χ1v) is 10.9. The summed E-state index contributed by atoms with van der Waals surface area (Å²) < 4.78 is 26.9. The highest BCUT2D eigenvalue weighted by atomic mass is 32.2. The van der Waals surface area contributed by atoms with Gasteiger partial charge in [0.25, 0.3) is 0 Å². The third-order valence-corrected chi connectivity index (χ3v) is 7.71. The fraction of sp³-hybridized carbons (Fsp3) is 0.684. The molecule has 0 saturated carbocycles. The van der Waals surface area contributed by atoms with Crippen LogP contribution < -0.4 is 0 Å². The minimum atomic E-state index is -3.13. The fourth-order valence-electron chi connectivity index (χ4n) is 4.17. The van der Waals surface area contributed by atoms with Crippen LogP contribution in [0.2, 0.25) is 0 Å². The number of hydrogen-bond donors (Lipinski definition) is 0. The highest BCUT2D eigenvalue weighted by Crippen LogP contribution is 2.38. The van der Waals surface area contributed by atoms with Crippen molar-refractivity contribution in [3.8, 4) is 0 Å². The molecule has 2 aliphatic rings. The summed E-state index contributed by atoms with van der Waals surface area (Å²) >= 11 is 0. The Hall–Kier alpha value is -0.910. The van der Waals surface area contributed by atoms with Crippen LogP contribution in [-0.2, 0) is 16.4 Å². The van der Waals surface area contributed by atoms with Crippen LogP contribution in [0.25, 0.3) is 0 Å². The predicted octanol–water partition coefficient (Wildman–Crippen LogP) is 3.20. The second kappa shape index (κ2) is 7.54. The summed E-state index contributed by atoms with van der Waals surface area (Å²) in [5.41, 5.74) is 2.85. The summed E-state index contributed by atoms with van der Waals surface area (Å²) in [6, 6.07) is 9.17. The molecule has 0 aromatic heterocycles. The van der Waals surface area contributed by atoms with Crippen LogP contribution in [0.15, 0.2) is 24.3 Å². The molecule has 2 atom stereocenters. The van der Waals surface area contributed by atoms with Gasteiger partial charge in [0.05, 0.1) is 5.75 Å². The molecule has 1 fully saturated rings. The highest BCUT2D eigenvalue weighted by molar-refractivity contribution is 7.89. The zero-order valence-corrected chi connectivity index (χ0v) is 15.8. The van der Waals surface area contributed by atoms with Gasteiger partial charge in [-0.05, 0) is 36.8 Å². The highest BCUT2D eigenvalue weighted by Gasteiger charge is 2.37. The minimum absolute atomic E-state index is 0.129. The van der Waals surface area contributed by atoms with Crippen molar-refractivity contribution in [3.63, 3.8) is 0 Å². The lowest BCUT2D eigenvalue weighted by Gasteiger charge is -2.45. The molecule has 0 N–H and O–H groups in total. The fourth-order valence-corrected chi connectivity index (χ4v) is 5.68. The maximum absolute atomic E-state index is 12.6. The van der Waals surface area contributed by atoms with E-state index >= 15 is 0 Å². The lowest BCUT2D eigenvalue weighted by atomic mass is 9.85. The zero-order valence-electron chi connectivity index (χ0n) is 14.9. The van der Waals surface area contributed by atoms with Crippen molar-refractivity contribution in [2.75, 3.05) is 25.9 Å². The van der Waals surface area contributed by atoms with Crippen LogP contribution in [0.1, 0.15) is 56.2 Å². The number of benzene rings is 1. The average Bonchev–Trinajstić information content (AvgIpc) is 2.60. The van der Waals surface area contributed by atoms with E-state index in [4.69, 9.17) is 0 Å². The smallest absolute Gasteiger partial charge is 0.214 e. The number of rotatable bonds is 6. The number of hydrogen-bond acceptors (Lipinski definition) is 3. The summed E-state index contributed by atoms with van der Waals surface area (Å²) in [6.45, 7) is 4.20. The number of nitrogens with zero attached hydrogens (tertiary/aromatic N) is 2. The molecule has 1 aromatic carbocycles. The van der Waals surface area contributed by atoms with Crippen molar-refractivity contribution >= 4 is 10.0 Å². The molecule has 0 unspecified atom stereocenters. The lowest BCUT2D eigenvalue weighted by Crippen LogP contribution is -2.49. The van der Waals surface area contributed by atoms with Gasteiger partial charge in [-0.1, -0.05) is 44.0 Å². The monoisotopic (exact) mass is 350 g/mol. The predicted molar refractivity (Wildman–Crippen MR) is 98.6 cm³/mol. The van der Waals surface area contributed by atoms with Gasteiger partial charge in [0, 0.05) is 32.2 Å². The number of piperidine rings is 1. The third kappa shape index (κ3) is 3.68. The zero-order chi connectivity index (χ0) is 17.2. The van der Waals surface area contributed by atoms with Gasteiger partial charge in [-0.3, -0.25) is 4.90 Å². The average molecular weight is 351 g/mol. The Morgan fingerprint density at radius 2 is 2.00 bits per heavy atom. The Morgan fingerprint density at radius 1 is 1.21 bits per heavy atom. The first-order chi connectivity index (χ1) is 11.5. The Balaban J connectivity index is 1.71. The van der Waals surface area contributed by atoms with Crippen LogP contribution in [0.4, 0.5) is 0 Å². The molecule has 0 aliphatic carbocycles. The van der Waals surface area contributed by atoms with E-state index in [1.165, 1.54) is 11.1 Å². The van der Waals surface area contributed by atoms with Crippen molar-refractivity contribution in [2.45, 2.75) is 57.5 Å². The Kier molecular flexibility index (Phi) is 5.63. The molecule has 1 aromatic rings. The lowest BCUT2D eigenvalue weighted by molar-refractivity contribution is 0.0969. The van der Waals surface area contributed by atoms with Crippen LogP contribution >= 0.6 is 0 Å². The van der Waals surface area contributed by atoms with Gasteiger partial charge in [0.15, 0.2) is 0 Å². The molecule has 0 radical (unpaired) electrons. The maximum Gasteiger partial charge on any atom is 0.214 e. The van der Waals surface area contributed by atoms with Crippen molar-refractivity contribution in [1.82, 2.24) is 9.21 Å². The molecule has 2 heterocycles. The molecule has 1 saturated heterocycles. The quantitative estimate of drug-likeness (QED) is 0.740. The molecule has 134 valence electrons. The summed E-state index contributed by atoms with van der Waals surface area (Å²) in [5, 5.41) is 0. The minimum Gasteiger partial charge on any atom is -0.296 e. The molecule has 0 bridgehead atoms. The van der Waals surface area contributed by atoms with Crippen LogP contribution in [0, 0.1) is 0 Å². The molecule has 2 aliphatic heterocycles. The van der Waals surface area contributed by atoms with E-state index < -0.39 is 10.0 Å². The second-order valence-corrected chi connectivity index (χ2v) is 9.37. The van der Waals surface area contributed by atoms with Gasteiger partial charge in [0.2, 0.25) is 10.0 Å². The van der Waals surface area contributed by atoms with E-state index in [9.17, 15) is 8.42 Å². The second-order valence-electron chi connectivity index (χ2n) is 7.22. The van der Waals surface area contributed by atoms with Crippen LogP contribution in [0.3, 0.4) is 0 Å². The Labute approximate surface area is 146 Å². The van der Waals surface area contributed by atoms with Gasteiger partial charge in [-0.15, -0.1) is 0 Å². The molecule has 3 rings (SSSR count). The van der Waals surface area contributed by atoms with Crippen LogP contribution in [0.5, 0.6) is 0 Å². The number of fused-ring (bicyclic) bond motifs is 3. The summed E-state index contributed by atoms with van der Waals surface area (Å²) in [6.07, 6.45) is 5.79. The SMILES string of the molecule is CCCCCS(=O)(=O)N(C)[C@@H]1CCN2CCc3ccccc3[C@@H]2C1. The summed E-state index contributed by atoms with van der Waals surface area (Å²) in [5.74, 6) is 0.290. The van der Waals surface area contributed by atoms with Gasteiger partial charge in [-0.2, -0.15) is 0 Å². The van der Waals surface area contributed by atoms with Gasteiger partial charge < -0.3 is 0 Å². The first kappa shape index (κ1) is 17.9.